The van der Waals surface area contributed by atoms with Gasteiger partial charge in [-0.15, -0.1) is 11.3 Å². The van der Waals surface area contributed by atoms with Gasteiger partial charge in [0.05, 0.1) is 28.5 Å². The van der Waals surface area contributed by atoms with E-state index >= 15 is 0 Å². The Morgan fingerprint density at radius 3 is 2.18 bits per heavy atom. The Bertz CT molecular complexity index is 1790. The SMILES string of the molecule is COc1ccc(-c2ccc(NS(C)(=O)=O)cc2)cc1CN(C(=O)c1sc2c(F)ccc(F)c2c1Cl)C1CCC(N(C)C)CC1. The number of fused-ring (bicyclic) bond motifs is 1. The summed E-state index contributed by atoms with van der Waals surface area (Å²) in [5.41, 5.74) is 2.89. The summed E-state index contributed by atoms with van der Waals surface area (Å²) in [5, 5.41) is -0.160. The van der Waals surface area contributed by atoms with Crippen molar-refractivity contribution in [3.8, 4) is 16.9 Å². The fourth-order valence-corrected chi connectivity index (χ4v) is 7.90. The second-order valence-electron chi connectivity index (χ2n) is 11.3. The number of amides is 1. The predicted molar refractivity (Wildman–Crippen MR) is 173 cm³/mol. The Kier molecular flexibility index (Phi) is 9.50. The normalized spacial score (nSPS) is 17.2. The number of nitrogens with zero attached hydrogens (tertiary/aromatic N) is 2. The van der Waals surface area contributed by atoms with Crippen LogP contribution in [0.1, 0.15) is 40.9 Å². The molecule has 0 bridgehead atoms. The molecule has 1 N–H and O–H groups in total. The summed E-state index contributed by atoms with van der Waals surface area (Å²) in [7, 11) is 2.25. The molecule has 0 aliphatic heterocycles. The minimum atomic E-state index is -3.41. The van der Waals surface area contributed by atoms with Crippen molar-refractivity contribution in [2.75, 3.05) is 32.2 Å². The number of carbonyl (C=O) groups is 1. The van der Waals surface area contributed by atoms with Gasteiger partial charge in [-0.3, -0.25) is 9.52 Å². The molecule has 0 unspecified atom stereocenters. The standard InChI is InChI=1S/C32H34ClF2N3O4S2/c1-37(2)23-10-12-24(13-11-23)38(32(39)31-29(33)28-25(34)14-15-26(35)30(28)43-31)18-21-17-20(7-16-27(21)42-3)19-5-8-22(9-6-19)36-44(4,40)41/h5-9,14-17,23-24,36H,10-13,18H2,1-4H3. The summed E-state index contributed by atoms with van der Waals surface area (Å²) >= 11 is 7.45. The lowest BCUT2D eigenvalue weighted by molar-refractivity contribution is 0.0573. The van der Waals surface area contributed by atoms with Crippen molar-refractivity contribution in [3.05, 3.63) is 81.7 Å². The lowest BCUT2D eigenvalue weighted by Crippen LogP contribution is -2.44. The highest BCUT2D eigenvalue weighted by Gasteiger charge is 2.33. The second kappa shape index (κ2) is 13.0. The van der Waals surface area contributed by atoms with Gasteiger partial charge in [-0.05, 0) is 87.3 Å². The summed E-state index contributed by atoms with van der Waals surface area (Å²) < 4.78 is 60.8. The minimum Gasteiger partial charge on any atom is -0.496 e. The molecular formula is C32H34ClF2N3O4S2. The van der Waals surface area contributed by atoms with E-state index in [1.807, 2.05) is 44.4 Å². The average Bonchev–Trinajstić information content (AvgIpc) is 3.35. The van der Waals surface area contributed by atoms with E-state index in [0.29, 0.717) is 17.5 Å². The highest BCUT2D eigenvalue weighted by atomic mass is 35.5. The topological polar surface area (TPSA) is 79.0 Å². The zero-order valence-corrected chi connectivity index (χ0v) is 27.3. The molecule has 1 amide bonds. The minimum absolute atomic E-state index is 0.0167. The van der Waals surface area contributed by atoms with Crippen LogP contribution in [0, 0.1) is 11.6 Å². The molecule has 7 nitrogen and oxygen atoms in total. The lowest BCUT2D eigenvalue weighted by Gasteiger charge is -2.39. The van der Waals surface area contributed by atoms with E-state index in [0.717, 1.165) is 72.1 Å². The van der Waals surface area contributed by atoms with Gasteiger partial charge < -0.3 is 14.5 Å². The molecule has 1 aliphatic rings. The molecule has 3 aromatic carbocycles. The van der Waals surface area contributed by atoms with Gasteiger partial charge in [0, 0.05) is 29.9 Å². The molecule has 0 atom stereocenters. The molecular weight excluding hydrogens is 628 g/mol. The third kappa shape index (κ3) is 6.86. The van der Waals surface area contributed by atoms with Crippen molar-refractivity contribution < 1.29 is 26.7 Å². The summed E-state index contributed by atoms with van der Waals surface area (Å²) in [6.07, 6.45) is 4.41. The van der Waals surface area contributed by atoms with Gasteiger partial charge in [-0.1, -0.05) is 29.8 Å². The number of rotatable bonds is 9. The Hall–Kier alpha value is -3.25. The van der Waals surface area contributed by atoms with Crippen molar-refractivity contribution in [2.45, 2.75) is 44.3 Å². The van der Waals surface area contributed by atoms with Crippen molar-refractivity contribution >= 4 is 54.6 Å². The molecule has 1 saturated carbocycles. The van der Waals surface area contributed by atoms with Crippen LogP contribution in [0.3, 0.4) is 0 Å². The first-order chi connectivity index (χ1) is 20.9. The highest BCUT2D eigenvalue weighted by Crippen LogP contribution is 2.41. The molecule has 12 heteroatoms. The maximum absolute atomic E-state index is 14.7. The van der Waals surface area contributed by atoms with Gasteiger partial charge in [0.25, 0.3) is 5.91 Å². The number of hydrogen-bond donors (Lipinski definition) is 1. The maximum Gasteiger partial charge on any atom is 0.266 e. The molecule has 1 aromatic heterocycles. The molecule has 1 heterocycles. The van der Waals surface area contributed by atoms with E-state index in [1.165, 1.54) is 0 Å². The van der Waals surface area contributed by atoms with E-state index in [9.17, 15) is 22.0 Å². The molecule has 4 aromatic rings. The maximum atomic E-state index is 14.7. The molecule has 1 fully saturated rings. The van der Waals surface area contributed by atoms with E-state index < -0.39 is 21.7 Å². The Balaban J connectivity index is 1.52. The molecule has 234 valence electrons. The third-order valence-electron chi connectivity index (χ3n) is 8.12. The highest BCUT2D eigenvalue weighted by molar-refractivity contribution is 7.92. The van der Waals surface area contributed by atoms with Crippen molar-refractivity contribution in [2.24, 2.45) is 0 Å². The number of thiophene rings is 1. The lowest BCUT2D eigenvalue weighted by atomic mass is 9.89. The number of ether oxygens (including phenoxy) is 1. The van der Waals surface area contributed by atoms with E-state index in [1.54, 1.807) is 24.1 Å². The largest absolute Gasteiger partial charge is 0.496 e. The van der Waals surface area contributed by atoms with Gasteiger partial charge in [0.1, 0.15) is 22.3 Å². The fourth-order valence-electron chi connectivity index (χ4n) is 5.83. The van der Waals surface area contributed by atoms with Crippen LogP contribution in [-0.4, -0.2) is 63.7 Å². The second-order valence-corrected chi connectivity index (χ2v) is 14.5. The molecule has 5 rings (SSSR count). The predicted octanol–water partition coefficient (Wildman–Crippen LogP) is 7.40. The first kappa shape index (κ1) is 32.2. The first-order valence-electron chi connectivity index (χ1n) is 14.1. The Labute approximate surface area is 265 Å². The van der Waals surface area contributed by atoms with Gasteiger partial charge in [-0.2, -0.15) is 0 Å². The molecule has 0 spiro atoms. The molecule has 1 aliphatic carbocycles. The summed E-state index contributed by atoms with van der Waals surface area (Å²) in [6, 6.07) is 15.0. The molecule has 44 heavy (non-hydrogen) atoms. The number of carbonyl (C=O) groups excluding carboxylic acids is 1. The zero-order chi connectivity index (χ0) is 31.8. The van der Waals surface area contributed by atoms with Crippen molar-refractivity contribution in [3.63, 3.8) is 0 Å². The smallest absolute Gasteiger partial charge is 0.266 e. The number of halogens is 3. The summed E-state index contributed by atoms with van der Waals surface area (Å²) in [5.74, 6) is -1.10. The molecule has 0 radical (unpaired) electrons. The first-order valence-corrected chi connectivity index (χ1v) is 17.2. The van der Waals surface area contributed by atoms with Crippen LogP contribution < -0.4 is 9.46 Å². The Morgan fingerprint density at radius 2 is 1.59 bits per heavy atom. The van der Waals surface area contributed by atoms with Crippen LogP contribution in [0.2, 0.25) is 5.02 Å². The van der Waals surface area contributed by atoms with Gasteiger partial charge in [0.15, 0.2) is 0 Å². The average molecular weight is 662 g/mol. The summed E-state index contributed by atoms with van der Waals surface area (Å²) in [4.78, 5) is 18.3. The fraction of sp³-hybridized carbons (Fsp3) is 0.344. The van der Waals surface area contributed by atoms with Crippen LogP contribution >= 0.6 is 22.9 Å². The van der Waals surface area contributed by atoms with Crippen LogP contribution in [0.4, 0.5) is 14.5 Å². The number of nitrogens with one attached hydrogen (secondary N) is 1. The monoisotopic (exact) mass is 661 g/mol. The van der Waals surface area contributed by atoms with Crippen LogP contribution in [-0.2, 0) is 16.6 Å². The number of methoxy groups -OCH3 is 1. The van der Waals surface area contributed by atoms with Crippen LogP contribution in [0.15, 0.2) is 54.6 Å². The number of anilines is 1. The van der Waals surface area contributed by atoms with Crippen molar-refractivity contribution in [1.29, 1.82) is 0 Å². The number of benzene rings is 3. The van der Waals surface area contributed by atoms with Gasteiger partial charge >= 0.3 is 0 Å². The van der Waals surface area contributed by atoms with E-state index in [-0.39, 0.29) is 38.5 Å². The third-order valence-corrected chi connectivity index (χ3v) is 10.4. The van der Waals surface area contributed by atoms with Gasteiger partial charge in [-0.25, -0.2) is 17.2 Å². The zero-order valence-electron chi connectivity index (χ0n) is 24.9. The van der Waals surface area contributed by atoms with Gasteiger partial charge in [0.2, 0.25) is 10.0 Å². The quantitative estimate of drug-likeness (QED) is 0.202. The number of sulfonamides is 1. The van der Waals surface area contributed by atoms with Crippen LogP contribution in [0.25, 0.3) is 21.2 Å². The van der Waals surface area contributed by atoms with E-state index in [2.05, 4.69) is 9.62 Å². The van der Waals surface area contributed by atoms with Crippen molar-refractivity contribution in [1.82, 2.24) is 9.80 Å². The Morgan fingerprint density at radius 1 is 0.977 bits per heavy atom. The van der Waals surface area contributed by atoms with E-state index in [4.69, 9.17) is 16.3 Å². The van der Waals surface area contributed by atoms with Crippen LogP contribution in [0.5, 0.6) is 5.75 Å². The molecule has 0 saturated heterocycles. The summed E-state index contributed by atoms with van der Waals surface area (Å²) in [6.45, 7) is 0.191. The number of hydrogen-bond acceptors (Lipinski definition) is 6.